The van der Waals surface area contributed by atoms with Crippen molar-refractivity contribution in [2.24, 2.45) is 5.73 Å². The van der Waals surface area contributed by atoms with Gasteiger partial charge in [0, 0.05) is 6.04 Å². The third kappa shape index (κ3) is 2.99. The van der Waals surface area contributed by atoms with Crippen molar-refractivity contribution in [3.8, 4) is 16.9 Å². The second-order valence-corrected chi connectivity index (χ2v) is 3.93. The highest BCUT2D eigenvalue weighted by Crippen LogP contribution is 2.28. The molecular formula is C14H16ClNO. The number of benzene rings is 2. The average molecular weight is 250 g/mol. The molecule has 1 unspecified atom stereocenters. The Bertz CT molecular complexity index is 497. The number of hydrogen-bond acceptors (Lipinski definition) is 2. The molecule has 3 N–H and O–H groups in total. The van der Waals surface area contributed by atoms with Crippen molar-refractivity contribution in [2.45, 2.75) is 13.0 Å². The van der Waals surface area contributed by atoms with Crippen molar-refractivity contribution < 1.29 is 5.11 Å². The van der Waals surface area contributed by atoms with Gasteiger partial charge in [-0.25, -0.2) is 0 Å². The van der Waals surface area contributed by atoms with Crippen molar-refractivity contribution in [3.05, 3.63) is 54.1 Å². The summed E-state index contributed by atoms with van der Waals surface area (Å²) in [5.74, 6) is 0.275. The zero-order valence-electron chi connectivity index (χ0n) is 9.63. The number of phenols is 1. The molecule has 0 aliphatic carbocycles. The minimum atomic E-state index is -0.0152. The van der Waals surface area contributed by atoms with Gasteiger partial charge in [-0.2, -0.15) is 0 Å². The van der Waals surface area contributed by atoms with Gasteiger partial charge in [-0.3, -0.25) is 0 Å². The SMILES string of the molecule is CC(N)c1ccccc1-c1cccc(O)c1.Cl. The molecule has 0 saturated carbocycles. The monoisotopic (exact) mass is 249 g/mol. The van der Waals surface area contributed by atoms with E-state index < -0.39 is 0 Å². The summed E-state index contributed by atoms with van der Waals surface area (Å²) >= 11 is 0. The standard InChI is InChI=1S/C14H15NO.ClH/c1-10(15)13-7-2-3-8-14(13)11-5-4-6-12(16)9-11;/h2-10,16H,15H2,1H3;1H. The Morgan fingerprint density at radius 1 is 1.06 bits per heavy atom. The Morgan fingerprint density at radius 2 is 1.76 bits per heavy atom. The Kier molecular flexibility index (Phi) is 4.55. The summed E-state index contributed by atoms with van der Waals surface area (Å²) in [5, 5.41) is 9.47. The lowest BCUT2D eigenvalue weighted by Crippen LogP contribution is -2.06. The summed E-state index contributed by atoms with van der Waals surface area (Å²) in [7, 11) is 0. The summed E-state index contributed by atoms with van der Waals surface area (Å²) in [6.07, 6.45) is 0. The van der Waals surface area contributed by atoms with Crippen molar-refractivity contribution in [1.82, 2.24) is 0 Å². The molecule has 17 heavy (non-hydrogen) atoms. The molecule has 0 aliphatic heterocycles. The molecule has 90 valence electrons. The van der Waals surface area contributed by atoms with E-state index in [4.69, 9.17) is 5.73 Å². The highest BCUT2D eigenvalue weighted by Gasteiger charge is 2.07. The van der Waals surface area contributed by atoms with E-state index >= 15 is 0 Å². The summed E-state index contributed by atoms with van der Waals surface area (Å²) in [6.45, 7) is 1.96. The van der Waals surface area contributed by atoms with Gasteiger partial charge >= 0.3 is 0 Å². The van der Waals surface area contributed by atoms with Crippen molar-refractivity contribution in [1.29, 1.82) is 0 Å². The lowest BCUT2D eigenvalue weighted by molar-refractivity contribution is 0.475. The van der Waals surface area contributed by atoms with Crippen LogP contribution in [-0.4, -0.2) is 5.11 Å². The van der Waals surface area contributed by atoms with Crippen LogP contribution in [0.3, 0.4) is 0 Å². The van der Waals surface area contributed by atoms with E-state index in [1.807, 2.05) is 43.3 Å². The van der Waals surface area contributed by atoms with E-state index in [0.717, 1.165) is 16.7 Å². The van der Waals surface area contributed by atoms with Crippen LogP contribution in [-0.2, 0) is 0 Å². The summed E-state index contributed by atoms with van der Waals surface area (Å²) in [4.78, 5) is 0. The molecule has 0 amide bonds. The predicted octanol–water partition coefficient (Wildman–Crippen LogP) is 3.50. The third-order valence-electron chi connectivity index (χ3n) is 2.61. The zero-order valence-corrected chi connectivity index (χ0v) is 10.4. The van der Waals surface area contributed by atoms with Crippen LogP contribution >= 0.6 is 12.4 Å². The molecule has 0 bridgehead atoms. The van der Waals surface area contributed by atoms with Crippen LogP contribution in [0.15, 0.2) is 48.5 Å². The van der Waals surface area contributed by atoms with Crippen LogP contribution in [0.4, 0.5) is 0 Å². The van der Waals surface area contributed by atoms with Gasteiger partial charge in [0.15, 0.2) is 0 Å². The highest BCUT2D eigenvalue weighted by molar-refractivity contribution is 5.85. The fraction of sp³-hybridized carbons (Fsp3) is 0.143. The molecule has 0 aromatic heterocycles. The quantitative estimate of drug-likeness (QED) is 0.856. The largest absolute Gasteiger partial charge is 0.508 e. The average Bonchev–Trinajstić information content (AvgIpc) is 2.29. The number of nitrogens with two attached hydrogens (primary N) is 1. The smallest absolute Gasteiger partial charge is 0.116 e. The topological polar surface area (TPSA) is 46.2 Å². The minimum Gasteiger partial charge on any atom is -0.508 e. The van der Waals surface area contributed by atoms with Crippen LogP contribution in [0.5, 0.6) is 5.75 Å². The first kappa shape index (κ1) is 13.6. The van der Waals surface area contributed by atoms with Gasteiger partial charge in [0.05, 0.1) is 0 Å². The molecule has 3 heteroatoms. The molecule has 2 aromatic rings. The second-order valence-electron chi connectivity index (χ2n) is 3.93. The first-order chi connectivity index (χ1) is 7.68. The van der Waals surface area contributed by atoms with Crippen LogP contribution in [0.2, 0.25) is 0 Å². The summed E-state index contributed by atoms with van der Waals surface area (Å²) in [5.41, 5.74) is 9.09. The Hall–Kier alpha value is -1.51. The van der Waals surface area contributed by atoms with Gasteiger partial charge in [-0.05, 0) is 35.7 Å². The molecule has 0 aliphatic rings. The predicted molar refractivity (Wildman–Crippen MR) is 73.4 cm³/mol. The van der Waals surface area contributed by atoms with Crippen LogP contribution in [0.25, 0.3) is 11.1 Å². The maximum atomic E-state index is 9.47. The number of aromatic hydroxyl groups is 1. The third-order valence-corrected chi connectivity index (χ3v) is 2.61. The molecule has 2 nitrogen and oxygen atoms in total. The Labute approximate surface area is 108 Å². The van der Waals surface area contributed by atoms with E-state index in [0.29, 0.717) is 0 Å². The van der Waals surface area contributed by atoms with Gasteiger partial charge < -0.3 is 10.8 Å². The first-order valence-electron chi connectivity index (χ1n) is 5.32. The lowest BCUT2D eigenvalue weighted by atomic mass is 9.96. The highest BCUT2D eigenvalue weighted by atomic mass is 35.5. The molecule has 2 rings (SSSR count). The lowest BCUT2D eigenvalue weighted by Gasteiger charge is -2.12. The fourth-order valence-corrected chi connectivity index (χ4v) is 1.83. The van der Waals surface area contributed by atoms with Gasteiger partial charge in [0.1, 0.15) is 5.75 Å². The minimum absolute atomic E-state index is 0. The Balaban J connectivity index is 0.00000144. The van der Waals surface area contributed by atoms with E-state index in [1.54, 1.807) is 12.1 Å². The molecule has 0 fully saturated rings. The second kappa shape index (κ2) is 5.71. The van der Waals surface area contributed by atoms with Crippen LogP contribution < -0.4 is 5.73 Å². The van der Waals surface area contributed by atoms with Gasteiger partial charge in [-0.15, -0.1) is 12.4 Å². The van der Waals surface area contributed by atoms with E-state index in [9.17, 15) is 5.11 Å². The molecular weight excluding hydrogens is 234 g/mol. The molecule has 0 radical (unpaired) electrons. The fourth-order valence-electron chi connectivity index (χ4n) is 1.83. The van der Waals surface area contributed by atoms with Crippen molar-refractivity contribution >= 4 is 12.4 Å². The Morgan fingerprint density at radius 3 is 2.41 bits per heavy atom. The normalized spacial score (nSPS) is 11.6. The summed E-state index contributed by atoms with van der Waals surface area (Å²) < 4.78 is 0. The van der Waals surface area contributed by atoms with Crippen molar-refractivity contribution in [2.75, 3.05) is 0 Å². The van der Waals surface area contributed by atoms with Crippen molar-refractivity contribution in [3.63, 3.8) is 0 Å². The molecule has 0 saturated heterocycles. The van der Waals surface area contributed by atoms with Crippen LogP contribution in [0.1, 0.15) is 18.5 Å². The van der Waals surface area contributed by atoms with Gasteiger partial charge in [0.2, 0.25) is 0 Å². The van der Waals surface area contributed by atoms with Gasteiger partial charge in [0.25, 0.3) is 0 Å². The van der Waals surface area contributed by atoms with E-state index in [2.05, 4.69) is 0 Å². The number of phenolic OH excluding ortho intramolecular Hbond substituents is 1. The molecule has 1 atom stereocenters. The first-order valence-corrected chi connectivity index (χ1v) is 5.32. The van der Waals surface area contributed by atoms with E-state index in [-0.39, 0.29) is 24.2 Å². The number of hydrogen-bond donors (Lipinski definition) is 2. The maximum absolute atomic E-state index is 9.47. The van der Waals surface area contributed by atoms with Gasteiger partial charge in [-0.1, -0.05) is 36.4 Å². The molecule has 2 aromatic carbocycles. The molecule has 0 heterocycles. The van der Waals surface area contributed by atoms with E-state index in [1.165, 1.54) is 0 Å². The number of halogens is 1. The molecule has 0 spiro atoms. The zero-order chi connectivity index (χ0) is 11.5. The van der Waals surface area contributed by atoms with Crippen LogP contribution in [0, 0.1) is 0 Å². The summed E-state index contributed by atoms with van der Waals surface area (Å²) in [6, 6.07) is 15.2. The maximum Gasteiger partial charge on any atom is 0.116 e. The number of rotatable bonds is 2.